The largest absolute Gasteiger partial charge is 0.409 e. The Morgan fingerprint density at radius 2 is 2.00 bits per heavy atom. The van der Waals surface area contributed by atoms with E-state index < -0.39 is 8.32 Å². The van der Waals surface area contributed by atoms with Gasteiger partial charge in [-0.3, -0.25) is 9.78 Å². The van der Waals surface area contributed by atoms with Gasteiger partial charge in [0.15, 0.2) is 8.32 Å². The molecule has 1 aromatic heterocycles. The quantitative estimate of drug-likeness (QED) is 0.609. The molecule has 0 fully saturated rings. The van der Waals surface area contributed by atoms with Crippen molar-refractivity contribution in [1.29, 1.82) is 0 Å². The van der Waals surface area contributed by atoms with Crippen molar-refractivity contribution in [3.8, 4) is 0 Å². The van der Waals surface area contributed by atoms with Crippen LogP contribution in [0.15, 0.2) is 24.4 Å². The Balaban J connectivity index is 2.61. The Morgan fingerprint density at radius 1 is 1.35 bits per heavy atom. The third kappa shape index (κ3) is 3.75. The highest BCUT2D eigenvalue weighted by atomic mass is 28.4. The van der Waals surface area contributed by atoms with Crippen LogP contribution in [0.3, 0.4) is 0 Å². The summed E-state index contributed by atoms with van der Waals surface area (Å²) in [4.78, 5) is 15.9. The van der Waals surface area contributed by atoms with E-state index in [0.717, 1.165) is 0 Å². The fraction of sp³-hybridized carbons (Fsp3) is 0.538. The minimum Gasteiger partial charge on any atom is -0.409 e. The van der Waals surface area contributed by atoms with E-state index >= 15 is 0 Å². The van der Waals surface area contributed by atoms with Crippen molar-refractivity contribution in [2.75, 3.05) is 6.61 Å². The topological polar surface area (TPSA) is 39.2 Å². The molecule has 0 aromatic carbocycles. The molecule has 0 radical (unpaired) electrons. The lowest BCUT2D eigenvalue weighted by atomic mass is 10.2. The summed E-state index contributed by atoms with van der Waals surface area (Å²) < 4.78 is 5.86. The summed E-state index contributed by atoms with van der Waals surface area (Å²) in [5.74, 6) is -0.0459. The van der Waals surface area contributed by atoms with Gasteiger partial charge in [0.25, 0.3) is 0 Å². The Kier molecular flexibility index (Phi) is 4.22. The molecule has 0 amide bonds. The number of nitrogens with zero attached hydrogens (tertiary/aromatic N) is 1. The van der Waals surface area contributed by atoms with Crippen LogP contribution in [-0.4, -0.2) is 25.7 Å². The highest BCUT2D eigenvalue weighted by Crippen LogP contribution is 2.36. The zero-order valence-corrected chi connectivity index (χ0v) is 12.3. The van der Waals surface area contributed by atoms with Gasteiger partial charge in [-0.05, 0) is 30.3 Å². The number of hydrogen-bond acceptors (Lipinski definition) is 3. The summed E-state index contributed by atoms with van der Waals surface area (Å²) in [6, 6.07) is 5.33. The summed E-state index contributed by atoms with van der Waals surface area (Å²) in [5, 5.41) is 0.122. The lowest BCUT2D eigenvalue weighted by Crippen LogP contribution is -2.42. The molecule has 1 heterocycles. The fourth-order valence-corrected chi connectivity index (χ4v) is 1.99. The maximum atomic E-state index is 11.9. The summed E-state index contributed by atoms with van der Waals surface area (Å²) in [5.41, 5.74) is 0.478. The Labute approximate surface area is 104 Å². The van der Waals surface area contributed by atoms with Crippen LogP contribution in [0.5, 0.6) is 0 Å². The predicted molar refractivity (Wildman–Crippen MR) is 71.7 cm³/mol. The van der Waals surface area contributed by atoms with Crippen molar-refractivity contribution in [2.24, 2.45) is 0 Å². The van der Waals surface area contributed by atoms with Gasteiger partial charge in [-0.25, -0.2) is 0 Å². The van der Waals surface area contributed by atoms with E-state index in [-0.39, 0.29) is 17.4 Å². The van der Waals surface area contributed by atoms with Crippen LogP contribution >= 0.6 is 0 Å². The van der Waals surface area contributed by atoms with E-state index in [2.05, 4.69) is 38.8 Å². The molecular formula is C13H21NO2Si. The average molecular weight is 251 g/mol. The molecule has 1 aromatic rings. The molecule has 0 spiro atoms. The zero-order chi connectivity index (χ0) is 13.1. The van der Waals surface area contributed by atoms with Gasteiger partial charge in [0.2, 0.25) is 5.78 Å². The summed E-state index contributed by atoms with van der Waals surface area (Å²) >= 11 is 0. The number of hydrogen-bond donors (Lipinski definition) is 0. The van der Waals surface area contributed by atoms with Gasteiger partial charge in [0.1, 0.15) is 5.69 Å². The van der Waals surface area contributed by atoms with Gasteiger partial charge in [0, 0.05) is 6.20 Å². The minimum absolute atomic E-state index is 0.0459. The Morgan fingerprint density at radius 3 is 2.47 bits per heavy atom. The van der Waals surface area contributed by atoms with Gasteiger partial charge in [-0.1, -0.05) is 26.8 Å². The number of ketones is 1. The highest BCUT2D eigenvalue weighted by molar-refractivity contribution is 6.74. The first-order valence-electron chi connectivity index (χ1n) is 5.82. The molecule has 0 saturated heterocycles. The third-order valence-electron chi connectivity index (χ3n) is 3.32. The third-order valence-corrected chi connectivity index (χ3v) is 7.80. The predicted octanol–water partition coefficient (Wildman–Crippen LogP) is 3.29. The van der Waals surface area contributed by atoms with E-state index in [9.17, 15) is 4.79 Å². The summed E-state index contributed by atoms with van der Waals surface area (Å²) in [6.45, 7) is 10.9. The molecule has 0 bridgehead atoms. The van der Waals surface area contributed by atoms with Crippen molar-refractivity contribution in [1.82, 2.24) is 4.98 Å². The maximum absolute atomic E-state index is 11.9. The lowest BCUT2D eigenvalue weighted by molar-refractivity contribution is 0.0906. The van der Waals surface area contributed by atoms with Crippen LogP contribution in [0.1, 0.15) is 31.3 Å². The van der Waals surface area contributed by atoms with E-state index in [1.54, 1.807) is 18.3 Å². The number of pyridine rings is 1. The fourth-order valence-electron chi connectivity index (χ4n) is 1.06. The van der Waals surface area contributed by atoms with Crippen molar-refractivity contribution >= 4 is 14.1 Å². The lowest BCUT2D eigenvalue weighted by Gasteiger charge is -2.35. The minimum atomic E-state index is -1.85. The van der Waals surface area contributed by atoms with E-state index in [4.69, 9.17) is 4.43 Å². The monoisotopic (exact) mass is 251 g/mol. The van der Waals surface area contributed by atoms with E-state index in [1.165, 1.54) is 0 Å². The van der Waals surface area contributed by atoms with Crippen molar-refractivity contribution < 1.29 is 9.22 Å². The van der Waals surface area contributed by atoms with Crippen LogP contribution in [0.2, 0.25) is 18.1 Å². The molecule has 1 rings (SSSR count). The molecule has 94 valence electrons. The molecule has 17 heavy (non-hydrogen) atoms. The van der Waals surface area contributed by atoms with Gasteiger partial charge in [-0.2, -0.15) is 0 Å². The molecule has 4 heteroatoms. The van der Waals surface area contributed by atoms with Gasteiger partial charge >= 0.3 is 0 Å². The average Bonchev–Trinajstić information content (AvgIpc) is 2.25. The number of aromatic nitrogens is 1. The molecule has 0 saturated carbocycles. The SMILES string of the molecule is CC(C)(C)[Si](C)(C)OCC(=O)c1ccccn1. The first kappa shape index (κ1) is 14.1. The van der Waals surface area contributed by atoms with Gasteiger partial charge < -0.3 is 4.43 Å². The van der Waals surface area contributed by atoms with Crippen LogP contribution in [0, 0.1) is 0 Å². The second kappa shape index (κ2) is 5.10. The Bertz CT molecular complexity index is 382. The maximum Gasteiger partial charge on any atom is 0.205 e. The zero-order valence-electron chi connectivity index (χ0n) is 11.3. The highest BCUT2D eigenvalue weighted by Gasteiger charge is 2.37. The number of carbonyl (C=O) groups is 1. The van der Waals surface area contributed by atoms with Crippen LogP contribution in [0.4, 0.5) is 0 Å². The Hall–Kier alpha value is -1.00. The summed E-state index contributed by atoms with van der Waals surface area (Å²) in [7, 11) is -1.85. The van der Waals surface area contributed by atoms with E-state index in [0.29, 0.717) is 5.69 Å². The molecule has 0 aliphatic carbocycles. The second-order valence-electron chi connectivity index (χ2n) is 5.69. The standard InChI is InChI=1S/C13H21NO2Si/c1-13(2,3)17(4,5)16-10-12(15)11-8-6-7-9-14-11/h6-9H,10H2,1-5H3. The van der Waals surface area contributed by atoms with Crippen molar-refractivity contribution in [2.45, 2.75) is 38.9 Å². The van der Waals surface area contributed by atoms with Crippen molar-refractivity contribution in [3.05, 3.63) is 30.1 Å². The van der Waals surface area contributed by atoms with Crippen LogP contribution in [0.25, 0.3) is 0 Å². The first-order valence-corrected chi connectivity index (χ1v) is 8.73. The molecule has 0 unspecified atom stereocenters. The van der Waals surface area contributed by atoms with Crippen LogP contribution < -0.4 is 0 Å². The molecular weight excluding hydrogens is 230 g/mol. The number of rotatable bonds is 4. The molecule has 3 nitrogen and oxygen atoms in total. The smallest absolute Gasteiger partial charge is 0.205 e. The molecule has 0 aliphatic heterocycles. The number of carbonyl (C=O) groups excluding carboxylic acids is 1. The summed E-state index contributed by atoms with van der Waals surface area (Å²) in [6.07, 6.45) is 1.62. The molecule has 0 aliphatic rings. The first-order chi connectivity index (χ1) is 7.74. The van der Waals surface area contributed by atoms with Gasteiger partial charge in [0.05, 0.1) is 6.61 Å². The van der Waals surface area contributed by atoms with Gasteiger partial charge in [-0.15, -0.1) is 0 Å². The second-order valence-corrected chi connectivity index (χ2v) is 10.5. The normalized spacial score (nSPS) is 12.5. The van der Waals surface area contributed by atoms with E-state index in [1.807, 2.05) is 6.07 Å². The molecule has 0 N–H and O–H groups in total. The molecule has 0 atom stereocenters. The van der Waals surface area contributed by atoms with Crippen molar-refractivity contribution in [3.63, 3.8) is 0 Å². The number of Topliss-reactive ketones (excluding diaryl/α,β-unsaturated/α-hetero) is 1. The van der Waals surface area contributed by atoms with Crippen LogP contribution in [-0.2, 0) is 4.43 Å².